The number of esters is 3. The summed E-state index contributed by atoms with van der Waals surface area (Å²) in [7, 11) is 0. The fraction of sp³-hybridized carbons (Fsp3) is 0.773. The van der Waals surface area contributed by atoms with E-state index >= 15 is 0 Å². The Morgan fingerprint density at radius 2 is 0.542 bits per heavy atom. The van der Waals surface area contributed by atoms with Crippen LogP contribution in [0.1, 0.15) is 310 Å². The maximum Gasteiger partial charge on any atom is 0.306 e. The molecule has 0 rings (SSSR count). The van der Waals surface area contributed by atoms with Gasteiger partial charge in [-0.2, -0.15) is 0 Å². The molecule has 416 valence electrons. The lowest BCUT2D eigenvalue weighted by Crippen LogP contribution is -2.30. The Kier molecular flexibility index (Phi) is 57.8. The van der Waals surface area contributed by atoms with Crippen LogP contribution in [-0.4, -0.2) is 37.2 Å². The molecule has 6 nitrogen and oxygen atoms in total. The van der Waals surface area contributed by atoms with E-state index in [9.17, 15) is 14.4 Å². The lowest BCUT2D eigenvalue weighted by atomic mass is 10.0. The summed E-state index contributed by atoms with van der Waals surface area (Å²) in [5, 5.41) is 0. The maximum absolute atomic E-state index is 12.8. The Labute approximate surface area is 446 Å². The van der Waals surface area contributed by atoms with Crippen LogP contribution in [0.5, 0.6) is 0 Å². The van der Waals surface area contributed by atoms with Gasteiger partial charge in [0.25, 0.3) is 0 Å². The Morgan fingerprint density at radius 3 is 0.847 bits per heavy atom. The van der Waals surface area contributed by atoms with E-state index in [2.05, 4.69) is 93.7 Å². The van der Waals surface area contributed by atoms with Crippen LogP contribution in [0.15, 0.2) is 72.9 Å². The van der Waals surface area contributed by atoms with Gasteiger partial charge in [0.05, 0.1) is 0 Å². The zero-order chi connectivity index (χ0) is 52.2. The van der Waals surface area contributed by atoms with Crippen molar-refractivity contribution in [1.29, 1.82) is 0 Å². The Balaban J connectivity index is 4.10. The van der Waals surface area contributed by atoms with Gasteiger partial charge in [-0.3, -0.25) is 14.4 Å². The molecule has 0 aromatic heterocycles. The van der Waals surface area contributed by atoms with Crippen LogP contribution < -0.4 is 0 Å². The second-order valence-electron chi connectivity index (χ2n) is 20.6. The predicted octanol–water partition coefficient (Wildman–Crippen LogP) is 20.9. The molecule has 0 bridgehead atoms. The highest BCUT2D eigenvalue weighted by molar-refractivity contribution is 5.71. The van der Waals surface area contributed by atoms with Gasteiger partial charge in [0.15, 0.2) is 6.10 Å². The van der Waals surface area contributed by atoms with Gasteiger partial charge < -0.3 is 14.2 Å². The lowest BCUT2D eigenvalue weighted by Gasteiger charge is -2.18. The minimum Gasteiger partial charge on any atom is -0.462 e. The molecule has 0 aromatic carbocycles. The van der Waals surface area contributed by atoms with Crippen molar-refractivity contribution in [1.82, 2.24) is 0 Å². The zero-order valence-corrected chi connectivity index (χ0v) is 47.7. The van der Waals surface area contributed by atoms with Gasteiger partial charge in [-0.05, 0) is 70.6 Å². The molecule has 0 aliphatic carbocycles. The number of ether oxygens (including phenoxy) is 3. The van der Waals surface area contributed by atoms with Crippen LogP contribution in [-0.2, 0) is 28.6 Å². The topological polar surface area (TPSA) is 78.9 Å². The number of rotatable bonds is 56. The van der Waals surface area contributed by atoms with Crippen LogP contribution in [0.25, 0.3) is 0 Å². The van der Waals surface area contributed by atoms with Crippen LogP contribution in [0.4, 0.5) is 0 Å². The summed E-state index contributed by atoms with van der Waals surface area (Å²) in [4.78, 5) is 38.0. The molecule has 0 N–H and O–H groups in total. The summed E-state index contributed by atoms with van der Waals surface area (Å²) in [6, 6.07) is 0. The molecular weight excluding hydrogens is 889 g/mol. The highest BCUT2D eigenvalue weighted by Gasteiger charge is 2.19. The summed E-state index contributed by atoms with van der Waals surface area (Å²) in [5.41, 5.74) is 0. The van der Waals surface area contributed by atoms with Crippen molar-refractivity contribution < 1.29 is 28.6 Å². The second-order valence-corrected chi connectivity index (χ2v) is 20.6. The van der Waals surface area contributed by atoms with Crippen LogP contribution in [0.2, 0.25) is 0 Å². The fourth-order valence-corrected chi connectivity index (χ4v) is 8.86. The van der Waals surface area contributed by atoms with Crippen molar-refractivity contribution in [3.8, 4) is 0 Å². The van der Waals surface area contributed by atoms with E-state index in [1.165, 1.54) is 173 Å². The average molecular weight is 1010 g/mol. The van der Waals surface area contributed by atoms with E-state index in [-0.39, 0.29) is 31.1 Å². The molecule has 0 aliphatic heterocycles. The standard InChI is InChI=1S/C66H116O6/c1-4-7-10-13-16-19-21-23-25-26-27-28-29-30-31-32-33-34-35-36-37-38-39-40-42-43-45-47-50-53-56-59-65(68)71-62-63(61-70-64(67)58-55-52-49-18-15-12-9-6-3)72-66(69)60-57-54-51-48-46-44-41-24-22-20-17-14-11-8-5-2/h7,10,16,19,23,25,27-28,30-31,33-34,63H,4-6,8-9,11-15,17-18,20-22,24,26,29,32,35-62H2,1-3H3/b10-7-,19-16-,25-23-,28-27-,31-30-,34-33-. The predicted molar refractivity (Wildman–Crippen MR) is 311 cm³/mol. The van der Waals surface area contributed by atoms with Gasteiger partial charge >= 0.3 is 17.9 Å². The van der Waals surface area contributed by atoms with Gasteiger partial charge in [0.2, 0.25) is 0 Å². The average Bonchev–Trinajstić information content (AvgIpc) is 3.38. The number of carbonyl (C=O) groups excluding carboxylic acids is 3. The summed E-state index contributed by atoms with van der Waals surface area (Å²) >= 11 is 0. The van der Waals surface area contributed by atoms with E-state index in [4.69, 9.17) is 14.2 Å². The first-order chi connectivity index (χ1) is 35.5. The quantitative estimate of drug-likeness (QED) is 0.0261. The molecule has 0 fully saturated rings. The molecule has 72 heavy (non-hydrogen) atoms. The third-order valence-electron chi connectivity index (χ3n) is 13.5. The highest BCUT2D eigenvalue weighted by atomic mass is 16.6. The van der Waals surface area contributed by atoms with Gasteiger partial charge in [0, 0.05) is 19.3 Å². The second kappa shape index (κ2) is 60.4. The van der Waals surface area contributed by atoms with Crippen molar-refractivity contribution >= 4 is 17.9 Å². The number of unbranched alkanes of at least 4 members (excludes halogenated alkanes) is 33. The fourth-order valence-electron chi connectivity index (χ4n) is 8.86. The van der Waals surface area contributed by atoms with Crippen LogP contribution >= 0.6 is 0 Å². The molecule has 1 atom stereocenters. The molecule has 0 radical (unpaired) electrons. The lowest BCUT2D eigenvalue weighted by molar-refractivity contribution is -0.167. The van der Waals surface area contributed by atoms with Gasteiger partial charge in [0.1, 0.15) is 13.2 Å². The minimum atomic E-state index is -0.770. The van der Waals surface area contributed by atoms with Crippen molar-refractivity contribution in [3.05, 3.63) is 72.9 Å². The third-order valence-corrected chi connectivity index (χ3v) is 13.5. The largest absolute Gasteiger partial charge is 0.462 e. The van der Waals surface area contributed by atoms with E-state index in [0.717, 1.165) is 96.3 Å². The molecular formula is C66H116O6. The normalized spacial score (nSPS) is 12.5. The van der Waals surface area contributed by atoms with Crippen LogP contribution in [0, 0.1) is 0 Å². The van der Waals surface area contributed by atoms with Crippen molar-refractivity contribution in [3.63, 3.8) is 0 Å². The van der Waals surface area contributed by atoms with Crippen molar-refractivity contribution in [2.24, 2.45) is 0 Å². The first-order valence-corrected chi connectivity index (χ1v) is 30.9. The molecule has 0 aromatic rings. The van der Waals surface area contributed by atoms with Crippen LogP contribution in [0.3, 0.4) is 0 Å². The summed E-state index contributed by atoms with van der Waals surface area (Å²) in [6.45, 7) is 6.53. The molecule has 0 saturated heterocycles. The molecule has 0 spiro atoms. The van der Waals surface area contributed by atoms with Crippen molar-refractivity contribution in [2.75, 3.05) is 13.2 Å². The number of carbonyl (C=O) groups is 3. The molecule has 0 saturated carbocycles. The Hall–Kier alpha value is -3.15. The first kappa shape index (κ1) is 68.8. The summed E-state index contributed by atoms with van der Waals surface area (Å²) < 4.78 is 16.8. The molecule has 0 amide bonds. The number of allylic oxidation sites excluding steroid dienone is 12. The third kappa shape index (κ3) is 57.7. The van der Waals surface area contributed by atoms with E-state index in [1.54, 1.807) is 0 Å². The van der Waals surface area contributed by atoms with Crippen molar-refractivity contribution in [2.45, 2.75) is 316 Å². The first-order valence-electron chi connectivity index (χ1n) is 30.9. The molecule has 0 aliphatic rings. The van der Waals surface area contributed by atoms with Gasteiger partial charge in [-0.25, -0.2) is 0 Å². The minimum absolute atomic E-state index is 0.0706. The maximum atomic E-state index is 12.8. The zero-order valence-electron chi connectivity index (χ0n) is 47.7. The SMILES string of the molecule is CC/C=C\C/C=C\C/C=C\C/C=C\C/C=C\C/C=C\CCCCCCCCCCCCCCC(=O)OCC(COC(=O)CCCCCCCCCC)OC(=O)CCCCCCCCCCCCCCCCC. The monoisotopic (exact) mass is 1000 g/mol. The van der Waals surface area contributed by atoms with E-state index in [1.807, 2.05) is 0 Å². The smallest absolute Gasteiger partial charge is 0.306 e. The highest BCUT2D eigenvalue weighted by Crippen LogP contribution is 2.17. The van der Waals surface area contributed by atoms with E-state index < -0.39 is 6.10 Å². The van der Waals surface area contributed by atoms with E-state index in [0.29, 0.717) is 19.3 Å². The number of hydrogen-bond acceptors (Lipinski definition) is 6. The van der Waals surface area contributed by atoms with Gasteiger partial charge in [-0.15, -0.1) is 0 Å². The molecule has 1 unspecified atom stereocenters. The summed E-state index contributed by atoms with van der Waals surface area (Å²) in [6.07, 6.45) is 77.8. The molecule has 6 heteroatoms. The summed E-state index contributed by atoms with van der Waals surface area (Å²) in [5.74, 6) is -0.863. The Bertz CT molecular complexity index is 1340. The molecule has 0 heterocycles. The Morgan fingerprint density at radius 1 is 0.292 bits per heavy atom. The number of hydrogen-bond donors (Lipinski definition) is 0. The van der Waals surface area contributed by atoms with Gasteiger partial charge in [-0.1, -0.05) is 293 Å².